The van der Waals surface area contributed by atoms with Crippen molar-refractivity contribution in [3.05, 3.63) is 48.4 Å². The van der Waals surface area contributed by atoms with E-state index in [1.807, 2.05) is 6.07 Å². The second kappa shape index (κ2) is 8.38. The third kappa shape index (κ3) is 4.50. The molecule has 1 saturated heterocycles. The third-order valence-electron chi connectivity index (χ3n) is 4.19. The minimum Gasteiger partial charge on any atom is -0.371 e. The Morgan fingerprint density at radius 2 is 2.04 bits per heavy atom. The Hall–Kier alpha value is -2.50. The zero-order valence-electron chi connectivity index (χ0n) is 14.1. The molecule has 0 amide bonds. The fraction of sp³-hybridized carbons (Fsp3) is 0.444. The van der Waals surface area contributed by atoms with E-state index in [1.165, 1.54) is 5.69 Å². The molecule has 1 aromatic carbocycles. The first-order valence-electron chi connectivity index (χ1n) is 8.59. The molecule has 1 aliphatic heterocycles. The number of rotatable bonds is 5. The maximum absolute atomic E-state index is 4.84. The quantitative estimate of drug-likeness (QED) is 0.652. The number of aromatic nitrogens is 1. The minimum atomic E-state index is 0.445. The highest BCUT2D eigenvalue weighted by atomic mass is 16.5. The Morgan fingerprint density at radius 1 is 1.25 bits per heavy atom. The van der Waals surface area contributed by atoms with Crippen molar-refractivity contribution in [3.63, 3.8) is 0 Å². The fourth-order valence-electron chi connectivity index (χ4n) is 2.91. The van der Waals surface area contributed by atoms with Gasteiger partial charge in [0.15, 0.2) is 5.96 Å². The number of anilines is 1. The molecule has 2 N–H and O–H groups in total. The van der Waals surface area contributed by atoms with Crippen LogP contribution in [0, 0.1) is 0 Å². The molecule has 0 aliphatic carbocycles. The van der Waals surface area contributed by atoms with Crippen LogP contribution in [0.25, 0.3) is 0 Å². The van der Waals surface area contributed by atoms with Gasteiger partial charge in [-0.05, 0) is 31.9 Å². The fourth-order valence-corrected chi connectivity index (χ4v) is 2.91. The van der Waals surface area contributed by atoms with Crippen molar-refractivity contribution in [1.29, 1.82) is 0 Å². The Kier molecular flexibility index (Phi) is 5.71. The number of piperidine rings is 1. The number of para-hydroxylation sites is 1. The third-order valence-corrected chi connectivity index (χ3v) is 4.19. The average Bonchev–Trinajstić information content (AvgIpc) is 3.15. The van der Waals surface area contributed by atoms with E-state index in [0.29, 0.717) is 12.6 Å². The molecule has 0 spiro atoms. The summed E-state index contributed by atoms with van der Waals surface area (Å²) in [7, 11) is 0. The van der Waals surface area contributed by atoms with E-state index in [9.17, 15) is 0 Å². The van der Waals surface area contributed by atoms with Crippen LogP contribution in [-0.4, -0.2) is 36.8 Å². The van der Waals surface area contributed by atoms with Crippen LogP contribution < -0.4 is 15.5 Å². The lowest BCUT2D eigenvalue weighted by Gasteiger charge is -2.34. The molecule has 2 aromatic rings. The first kappa shape index (κ1) is 16.4. The van der Waals surface area contributed by atoms with Crippen LogP contribution in [0.15, 0.2) is 52.2 Å². The number of hydrogen-bond donors (Lipinski definition) is 2. The van der Waals surface area contributed by atoms with Crippen LogP contribution in [0.3, 0.4) is 0 Å². The lowest BCUT2D eigenvalue weighted by atomic mass is 10.0. The number of hydrogen-bond acceptors (Lipinski definition) is 4. The largest absolute Gasteiger partial charge is 0.371 e. The van der Waals surface area contributed by atoms with Gasteiger partial charge in [0.05, 0.1) is 6.54 Å². The zero-order chi connectivity index (χ0) is 16.6. The monoisotopic (exact) mass is 327 g/mol. The number of nitrogens with one attached hydrogen (secondary N) is 2. The molecule has 1 aromatic heterocycles. The molecule has 0 unspecified atom stereocenters. The highest BCUT2D eigenvalue weighted by Crippen LogP contribution is 2.19. The lowest BCUT2D eigenvalue weighted by Crippen LogP contribution is -2.48. The highest BCUT2D eigenvalue weighted by Gasteiger charge is 2.20. The molecule has 6 heteroatoms. The van der Waals surface area contributed by atoms with Gasteiger partial charge in [0.1, 0.15) is 12.0 Å². The summed E-state index contributed by atoms with van der Waals surface area (Å²) < 4.78 is 4.84. The summed E-state index contributed by atoms with van der Waals surface area (Å²) in [6.45, 7) is 5.56. The molecule has 128 valence electrons. The molecule has 2 heterocycles. The van der Waals surface area contributed by atoms with Gasteiger partial charge in [0.25, 0.3) is 0 Å². The number of benzene rings is 1. The van der Waals surface area contributed by atoms with Gasteiger partial charge in [-0.15, -0.1) is 0 Å². The molecule has 0 bridgehead atoms. The average molecular weight is 327 g/mol. The maximum Gasteiger partial charge on any atom is 0.191 e. The summed E-state index contributed by atoms with van der Waals surface area (Å²) in [5, 5.41) is 10.7. The van der Waals surface area contributed by atoms with Crippen molar-refractivity contribution in [2.75, 3.05) is 24.5 Å². The molecule has 3 rings (SSSR count). The van der Waals surface area contributed by atoms with Crippen molar-refractivity contribution in [2.45, 2.75) is 32.4 Å². The van der Waals surface area contributed by atoms with E-state index in [-0.39, 0.29) is 0 Å². The summed E-state index contributed by atoms with van der Waals surface area (Å²) in [6.07, 6.45) is 3.77. The van der Waals surface area contributed by atoms with Gasteiger partial charge < -0.3 is 20.1 Å². The van der Waals surface area contributed by atoms with Crippen molar-refractivity contribution >= 4 is 11.6 Å². The highest BCUT2D eigenvalue weighted by molar-refractivity contribution is 5.80. The van der Waals surface area contributed by atoms with Gasteiger partial charge in [0, 0.05) is 37.4 Å². The first-order chi connectivity index (χ1) is 11.8. The van der Waals surface area contributed by atoms with Crippen molar-refractivity contribution in [1.82, 2.24) is 15.8 Å². The van der Waals surface area contributed by atoms with Gasteiger partial charge in [-0.25, -0.2) is 4.99 Å². The Balaban J connectivity index is 1.52. The smallest absolute Gasteiger partial charge is 0.191 e. The molecule has 1 aliphatic rings. The molecule has 1 fully saturated rings. The first-order valence-corrected chi connectivity index (χ1v) is 8.59. The summed E-state index contributed by atoms with van der Waals surface area (Å²) >= 11 is 0. The lowest BCUT2D eigenvalue weighted by molar-refractivity contribution is 0.412. The Labute approximate surface area is 142 Å². The SMILES string of the molecule is CCNC(=NCc1ccon1)NC1CCN(c2ccccc2)CC1. The molecule has 0 saturated carbocycles. The zero-order valence-corrected chi connectivity index (χ0v) is 14.1. The summed E-state index contributed by atoms with van der Waals surface area (Å²) in [4.78, 5) is 7.03. The Morgan fingerprint density at radius 3 is 2.71 bits per heavy atom. The van der Waals surface area contributed by atoms with Crippen LogP contribution in [0.2, 0.25) is 0 Å². The maximum atomic E-state index is 4.84. The van der Waals surface area contributed by atoms with Crippen LogP contribution in [-0.2, 0) is 6.54 Å². The van der Waals surface area contributed by atoms with Gasteiger partial charge >= 0.3 is 0 Å². The second-order valence-corrected chi connectivity index (χ2v) is 5.93. The minimum absolute atomic E-state index is 0.445. The van der Waals surface area contributed by atoms with E-state index in [4.69, 9.17) is 4.52 Å². The van der Waals surface area contributed by atoms with Gasteiger partial charge in [-0.1, -0.05) is 23.4 Å². The topological polar surface area (TPSA) is 65.7 Å². The van der Waals surface area contributed by atoms with Crippen molar-refractivity contribution in [3.8, 4) is 0 Å². The summed E-state index contributed by atoms with van der Waals surface area (Å²) in [5.74, 6) is 0.846. The van der Waals surface area contributed by atoms with Crippen LogP contribution >= 0.6 is 0 Å². The van der Waals surface area contributed by atoms with E-state index >= 15 is 0 Å². The second-order valence-electron chi connectivity index (χ2n) is 5.93. The molecule has 0 radical (unpaired) electrons. The molecular formula is C18H25N5O. The van der Waals surface area contributed by atoms with Crippen molar-refractivity contribution < 1.29 is 4.52 Å². The normalized spacial score (nSPS) is 16.2. The van der Waals surface area contributed by atoms with Crippen molar-refractivity contribution in [2.24, 2.45) is 4.99 Å². The molecular weight excluding hydrogens is 302 g/mol. The van der Waals surface area contributed by atoms with Gasteiger partial charge in [-0.2, -0.15) is 0 Å². The number of aliphatic imine (C=N–C) groups is 1. The predicted molar refractivity (Wildman–Crippen MR) is 96.1 cm³/mol. The van der Waals surface area contributed by atoms with Gasteiger partial charge in [0.2, 0.25) is 0 Å². The van der Waals surface area contributed by atoms with E-state index < -0.39 is 0 Å². The predicted octanol–water partition coefficient (Wildman–Crippen LogP) is 2.40. The molecule has 0 atom stereocenters. The standard InChI is InChI=1S/C18H25N5O/c1-2-19-18(20-14-16-10-13-24-22-16)21-15-8-11-23(12-9-15)17-6-4-3-5-7-17/h3-7,10,13,15H,2,8-9,11-12,14H2,1H3,(H2,19,20,21). The van der Waals surface area contributed by atoms with E-state index in [2.05, 4.69) is 62.9 Å². The van der Waals surface area contributed by atoms with Crippen LogP contribution in [0.4, 0.5) is 5.69 Å². The molecule has 24 heavy (non-hydrogen) atoms. The molecule has 6 nitrogen and oxygen atoms in total. The van der Waals surface area contributed by atoms with Crippen LogP contribution in [0.5, 0.6) is 0 Å². The van der Waals surface area contributed by atoms with E-state index in [0.717, 1.165) is 44.1 Å². The number of nitrogens with zero attached hydrogens (tertiary/aromatic N) is 3. The number of guanidine groups is 1. The summed E-state index contributed by atoms with van der Waals surface area (Å²) in [6, 6.07) is 12.9. The Bertz CT molecular complexity index is 618. The summed E-state index contributed by atoms with van der Waals surface area (Å²) in [5.41, 5.74) is 2.15. The van der Waals surface area contributed by atoms with Gasteiger partial charge in [-0.3, -0.25) is 0 Å². The van der Waals surface area contributed by atoms with Crippen LogP contribution in [0.1, 0.15) is 25.5 Å². The van der Waals surface area contributed by atoms with E-state index in [1.54, 1.807) is 6.26 Å².